The number of amides is 1. The molecule has 130 valence electrons. The maximum absolute atomic E-state index is 11.5. The van der Waals surface area contributed by atoms with E-state index in [0.717, 1.165) is 43.2 Å². The van der Waals surface area contributed by atoms with E-state index in [1.54, 1.807) is 18.4 Å². The van der Waals surface area contributed by atoms with Gasteiger partial charge in [0.2, 0.25) is 5.91 Å². The number of rotatable bonds is 8. The molecule has 0 atom stereocenters. The molecular formula is C15H26IN5OS. The highest BCUT2D eigenvalue weighted by molar-refractivity contribution is 14.0. The summed E-state index contributed by atoms with van der Waals surface area (Å²) in [5.74, 6) is 1.21. The quantitative estimate of drug-likeness (QED) is 0.243. The average Bonchev–Trinajstić information content (AvgIpc) is 3.29. The number of carbonyl (C=O) groups excluding carboxylic acids is 1. The fraction of sp³-hybridized carbons (Fsp3) is 0.667. The molecule has 1 fully saturated rings. The molecule has 6 nitrogen and oxygen atoms in total. The summed E-state index contributed by atoms with van der Waals surface area (Å²) in [5.41, 5.74) is 0. The van der Waals surface area contributed by atoms with E-state index < -0.39 is 0 Å². The largest absolute Gasteiger partial charge is 0.356 e. The van der Waals surface area contributed by atoms with E-state index in [4.69, 9.17) is 0 Å². The Bertz CT molecular complexity index is 516. The Balaban J connectivity index is 0.00000264. The maximum Gasteiger partial charge on any atom is 0.223 e. The molecule has 1 aromatic rings. The third-order valence-electron chi connectivity index (χ3n) is 3.47. The lowest BCUT2D eigenvalue weighted by molar-refractivity contribution is -0.122. The maximum atomic E-state index is 11.5. The summed E-state index contributed by atoms with van der Waals surface area (Å²) in [5, 5.41) is 10.5. The minimum Gasteiger partial charge on any atom is -0.356 e. The number of nitrogens with one attached hydrogen (secondary N) is 3. The van der Waals surface area contributed by atoms with Crippen LogP contribution in [0.3, 0.4) is 0 Å². The molecule has 0 aromatic carbocycles. The second-order valence-corrected chi connectivity index (χ2v) is 6.51. The molecule has 0 saturated heterocycles. The summed E-state index contributed by atoms with van der Waals surface area (Å²) >= 11 is 1.77. The van der Waals surface area contributed by atoms with Crippen molar-refractivity contribution in [3.8, 4) is 0 Å². The Morgan fingerprint density at radius 2 is 2.00 bits per heavy atom. The number of guanidine groups is 1. The summed E-state index contributed by atoms with van der Waals surface area (Å²) in [6.45, 7) is 4.24. The van der Waals surface area contributed by atoms with Crippen LogP contribution in [-0.2, 0) is 17.6 Å². The number of hydrogen-bond acceptors (Lipinski definition) is 4. The number of aromatic nitrogens is 1. The molecule has 3 N–H and O–H groups in total. The van der Waals surface area contributed by atoms with Crippen molar-refractivity contribution in [3.63, 3.8) is 0 Å². The Labute approximate surface area is 159 Å². The van der Waals surface area contributed by atoms with Crippen LogP contribution in [-0.4, -0.2) is 43.5 Å². The van der Waals surface area contributed by atoms with Crippen molar-refractivity contribution in [1.82, 2.24) is 20.9 Å². The zero-order valence-corrected chi connectivity index (χ0v) is 16.9. The minimum absolute atomic E-state index is 0. The van der Waals surface area contributed by atoms with Gasteiger partial charge in [0, 0.05) is 50.1 Å². The number of thiazole rings is 1. The number of aryl methyl sites for hydroxylation is 1. The van der Waals surface area contributed by atoms with Crippen LogP contribution < -0.4 is 16.0 Å². The third-order valence-corrected chi connectivity index (χ3v) is 4.67. The highest BCUT2D eigenvalue weighted by Crippen LogP contribution is 2.28. The monoisotopic (exact) mass is 451 g/mol. The molecule has 0 aliphatic heterocycles. The minimum atomic E-state index is 0. The average molecular weight is 451 g/mol. The molecule has 1 amide bonds. The van der Waals surface area contributed by atoms with Gasteiger partial charge >= 0.3 is 0 Å². The highest BCUT2D eigenvalue weighted by Gasteiger charge is 2.28. The van der Waals surface area contributed by atoms with Gasteiger partial charge in [0.25, 0.3) is 0 Å². The molecule has 0 unspecified atom stereocenters. The van der Waals surface area contributed by atoms with Gasteiger partial charge in [0.1, 0.15) is 0 Å². The van der Waals surface area contributed by atoms with Crippen molar-refractivity contribution in [2.45, 2.75) is 32.6 Å². The van der Waals surface area contributed by atoms with Crippen LogP contribution >= 0.6 is 35.3 Å². The van der Waals surface area contributed by atoms with Crippen LogP contribution in [0, 0.1) is 5.92 Å². The van der Waals surface area contributed by atoms with Crippen LogP contribution in [0.25, 0.3) is 0 Å². The number of nitrogens with zero attached hydrogens (tertiary/aromatic N) is 2. The summed E-state index contributed by atoms with van der Waals surface area (Å²) < 4.78 is 0. The molecule has 1 aliphatic rings. The molecular weight excluding hydrogens is 425 g/mol. The summed E-state index contributed by atoms with van der Waals surface area (Å²) in [7, 11) is 1.75. The van der Waals surface area contributed by atoms with E-state index in [9.17, 15) is 4.79 Å². The van der Waals surface area contributed by atoms with E-state index in [2.05, 4.69) is 32.9 Å². The zero-order valence-electron chi connectivity index (χ0n) is 13.7. The van der Waals surface area contributed by atoms with E-state index in [1.807, 2.05) is 6.20 Å². The zero-order chi connectivity index (χ0) is 15.8. The summed E-state index contributed by atoms with van der Waals surface area (Å²) in [4.78, 5) is 21.4. The second-order valence-electron chi connectivity index (χ2n) is 5.31. The first-order chi connectivity index (χ1) is 10.7. The lowest BCUT2D eigenvalue weighted by atomic mass is 10.4. The van der Waals surface area contributed by atoms with Gasteiger partial charge in [-0.2, -0.15) is 0 Å². The predicted molar refractivity (Wildman–Crippen MR) is 106 cm³/mol. The van der Waals surface area contributed by atoms with E-state index >= 15 is 0 Å². The Kier molecular flexibility index (Phi) is 9.46. The third kappa shape index (κ3) is 7.47. The molecule has 1 heterocycles. The van der Waals surface area contributed by atoms with Gasteiger partial charge in [-0.05, 0) is 19.3 Å². The van der Waals surface area contributed by atoms with Crippen molar-refractivity contribution >= 4 is 47.2 Å². The Morgan fingerprint density at radius 1 is 1.30 bits per heavy atom. The Hall–Kier alpha value is -0.900. The lowest BCUT2D eigenvalue weighted by Crippen LogP contribution is -2.42. The molecule has 1 aliphatic carbocycles. The fourth-order valence-electron chi connectivity index (χ4n) is 1.99. The number of hydrogen-bond donors (Lipinski definition) is 3. The summed E-state index contributed by atoms with van der Waals surface area (Å²) in [6.07, 6.45) is 5.97. The molecule has 0 spiro atoms. The van der Waals surface area contributed by atoms with Gasteiger partial charge in [0.15, 0.2) is 5.96 Å². The van der Waals surface area contributed by atoms with Crippen LogP contribution in [0.2, 0.25) is 0 Å². The van der Waals surface area contributed by atoms with Gasteiger partial charge < -0.3 is 16.0 Å². The van der Waals surface area contributed by atoms with Gasteiger partial charge in [-0.15, -0.1) is 35.3 Å². The van der Waals surface area contributed by atoms with Crippen LogP contribution in [0.15, 0.2) is 11.2 Å². The van der Waals surface area contributed by atoms with Crippen LogP contribution in [0.4, 0.5) is 0 Å². The molecule has 2 rings (SSSR count). The summed E-state index contributed by atoms with van der Waals surface area (Å²) in [6, 6.07) is 0. The van der Waals surface area contributed by atoms with E-state index in [-0.39, 0.29) is 35.8 Å². The van der Waals surface area contributed by atoms with Crippen LogP contribution in [0.5, 0.6) is 0 Å². The standard InChI is InChI=1S/C15H25N5OS.HI/c1-3-12-10-20-13(22-12)6-7-18-15(16-2)19-9-8-17-14(21)11-4-5-11;/h10-11H,3-9H2,1-2H3,(H,17,21)(H2,16,18,19);1H. The number of halogens is 1. The van der Waals surface area contributed by atoms with Crippen molar-refractivity contribution in [2.75, 3.05) is 26.7 Å². The van der Waals surface area contributed by atoms with Gasteiger partial charge in [-0.3, -0.25) is 9.79 Å². The first-order valence-electron chi connectivity index (χ1n) is 7.88. The van der Waals surface area contributed by atoms with Crippen molar-refractivity contribution in [2.24, 2.45) is 10.9 Å². The van der Waals surface area contributed by atoms with Crippen molar-refractivity contribution in [3.05, 3.63) is 16.1 Å². The number of aliphatic imine (C=N–C) groups is 1. The highest BCUT2D eigenvalue weighted by atomic mass is 127. The second kappa shape index (κ2) is 10.8. The first-order valence-corrected chi connectivity index (χ1v) is 8.70. The molecule has 23 heavy (non-hydrogen) atoms. The fourth-order valence-corrected chi connectivity index (χ4v) is 2.85. The Morgan fingerprint density at radius 3 is 2.61 bits per heavy atom. The van der Waals surface area contributed by atoms with Crippen LogP contribution in [0.1, 0.15) is 29.7 Å². The molecule has 1 aromatic heterocycles. The molecule has 8 heteroatoms. The van der Waals surface area contributed by atoms with Gasteiger partial charge in [-0.25, -0.2) is 4.98 Å². The number of carbonyl (C=O) groups is 1. The molecule has 0 radical (unpaired) electrons. The van der Waals surface area contributed by atoms with E-state index in [1.165, 1.54) is 4.88 Å². The van der Waals surface area contributed by atoms with Crippen molar-refractivity contribution < 1.29 is 4.79 Å². The predicted octanol–water partition coefficient (Wildman–Crippen LogP) is 1.56. The van der Waals surface area contributed by atoms with Gasteiger partial charge in [-0.1, -0.05) is 6.92 Å². The topological polar surface area (TPSA) is 78.4 Å². The smallest absolute Gasteiger partial charge is 0.223 e. The molecule has 0 bridgehead atoms. The lowest BCUT2D eigenvalue weighted by Gasteiger charge is -2.11. The first kappa shape index (κ1) is 20.1. The van der Waals surface area contributed by atoms with Crippen molar-refractivity contribution in [1.29, 1.82) is 0 Å². The van der Waals surface area contributed by atoms with Gasteiger partial charge in [0.05, 0.1) is 5.01 Å². The SMILES string of the molecule is CCc1cnc(CCNC(=NC)NCCNC(=O)C2CC2)s1.I. The molecule has 1 saturated carbocycles. The van der Waals surface area contributed by atoms with E-state index in [0.29, 0.717) is 13.1 Å². The normalized spacial score (nSPS) is 14.1.